The molecule has 0 spiro atoms. The lowest BCUT2D eigenvalue weighted by Crippen LogP contribution is -2.13. The Hall–Kier alpha value is -5.60. The number of anilines is 3. The van der Waals surface area contributed by atoms with E-state index in [1.54, 1.807) is 0 Å². The third-order valence-corrected chi connectivity index (χ3v) is 12.3. The number of benzene rings is 7. The molecule has 1 aromatic heterocycles. The minimum absolute atomic E-state index is 0.0645. The van der Waals surface area contributed by atoms with E-state index in [0.29, 0.717) is 5.92 Å². The maximum absolute atomic E-state index is 6.63. The number of furan rings is 1. The van der Waals surface area contributed by atoms with Crippen molar-refractivity contribution in [1.29, 1.82) is 0 Å². The summed E-state index contributed by atoms with van der Waals surface area (Å²) >= 11 is 0. The second kappa shape index (κ2) is 12.5. The first-order chi connectivity index (χ1) is 25.9. The predicted octanol–water partition coefficient (Wildman–Crippen LogP) is 14.7. The largest absolute Gasteiger partial charge is 0.456 e. The molecule has 0 N–H and O–H groups in total. The molecule has 0 aliphatic heterocycles. The van der Waals surface area contributed by atoms with Crippen molar-refractivity contribution in [3.63, 3.8) is 0 Å². The van der Waals surface area contributed by atoms with E-state index in [1.807, 2.05) is 0 Å². The van der Waals surface area contributed by atoms with Gasteiger partial charge in [0.1, 0.15) is 11.2 Å². The predicted molar refractivity (Wildman–Crippen MR) is 224 cm³/mol. The van der Waals surface area contributed by atoms with E-state index in [0.717, 1.165) is 50.8 Å². The van der Waals surface area contributed by atoms with Crippen molar-refractivity contribution in [3.8, 4) is 22.3 Å². The Morgan fingerprint density at radius 2 is 1.26 bits per heavy atom. The third-order valence-electron chi connectivity index (χ3n) is 12.3. The quantitative estimate of drug-likeness (QED) is 0.173. The van der Waals surface area contributed by atoms with Crippen LogP contribution in [0, 0.1) is 11.8 Å². The van der Waals surface area contributed by atoms with Gasteiger partial charge >= 0.3 is 0 Å². The molecular formula is C51H45NO. The Bertz CT molecular complexity index is 2620. The van der Waals surface area contributed by atoms with Gasteiger partial charge in [-0.25, -0.2) is 0 Å². The second-order valence-electron chi connectivity index (χ2n) is 16.5. The summed E-state index contributed by atoms with van der Waals surface area (Å²) in [6.07, 6.45) is 5.54. The van der Waals surface area contributed by atoms with E-state index >= 15 is 0 Å². The van der Waals surface area contributed by atoms with Crippen LogP contribution < -0.4 is 4.90 Å². The molecular weight excluding hydrogens is 643 g/mol. The molecule has 7 aromatic carbocycles. The maximum atomic E-state index is 6.63. The molecule has 2 bridgehead atoms. The first-order valence-corrected chi connectivity index (χ1v) is 19.4. The molecule has 2 heteroatoms. The summed E-state index contributed by atoms with van der Waals surface area (Å²) < 4.78 is 6.63. The Morgan fingerprint density at radius 3 is 2.04 bits per heavy atom. The molecule has 1 heterocycles. The van der Waals surface area contributed by atoms with E-state index in [9.17, 15) is 0 Å². The normalized spacial score (nSPS) is 18.4. The van der Waals surface area contributed by atoms with Gasteiger partial charge in [0.2, 0.25) is 0 Å². The highest BCUT2D eigenvalue weighted by Gasteiger charge is 2.40. The van der Waals surface area contributed by atoms with Gasteiger partial charge < -0.3 is 9.32 Å². The van der Waals surface area contributed by atoms with Crippen molar-refractivity contribution >= 4 is 49.8 Å². The Labute approximate surface area is 312 Å². The molecule has 3 atom stereocenters. The van der Waals surface area contributed by atoms with Crippen LogP contribution in [-0.2, 0) is 5.41 Å². The van der Waals surface area contributed by atoms with Crippen LogP contribution in [0.15, 0.2) is 156 Å². The summed E-state index contributed by atoms with van der Waals surface area (Å²) in [6, 6.07) is 55.9. The van der Waals surface area contributed by atoms with E-state index < -0.39 is 0 Å². The SMILES string of the molecule is CC(C)(C)c1ccc(N(c2ccc(-c3cccc4ccccc34)cc2)c2cccc3oc4ccc(-c5ccccc5C5CC6CCC5C6)cc4c23)cc1. The zero-order valence-corrected chi connectivity index (χ0v) is 30.8. The number of rotatable bonds is 6. The number of nitrogens with zero attached hydrogens (tertiary/aromatic N) is 1. The minimum atomic E-state index is 0.0645. The van der Waals surface area contributed by atoms with Crippen molar-refractivity contribution in [2.75, 3.05) is 4.90 Å². The summed E-state index contributed by atoms with van der Waals surface area (Å²) in [5, 5.41) is 4.81. The van der Waals surface area contributed by atoms with Crippen LogP contribution in [0.3, 0.4) is 0 Å². The third kappa shape index (κ3) is 5.55. The van der Waals surface area contributed by atoms with Gasteiger partial charge in [-0.1, -0.05) is 130 Å². The molecule has 2 aliphatic carbocycles. The molecule has 0 radical (unpaired) electrons. The lowest BCUT2D eigenvalue weighted by Gasteiger charge is -2.28. The van der Waals surface area contributed by atoms with Crippen LogP contribution in [0.2, 0.25) is 0 Å². The molecule has 0 amide bonds. The van der Waals surface area contributed by atoms with E-state index in [-0.39, 0.29) is 5.41 Å². The zero-order valence-electron chi connectivity index (χ0n) is 30.8. The average Bonchev–Trinajstić information content (AvgIpc) is 3.93. The highest BCUT2D eigenvalue weighted by molar-refractivity contribution is 6.14. The fourth-order valence-corrected chi connectivity index (χ4v) is 9.68. The van der Waals surface area contributed by atoms with E-state index in [1.165, 1.54) is 69.8 Å². The van der Waals surface area contributed by atoms with Crippen LogP contribution in [0.4, 0.5) is 17.1 Å². The highest BCUT2D eigenvalue weighted by atomic mass is 16.3. The molecule has 8 aromatic rings. The molecule has 2 fully saturated rings. The van der Waals surface area contributed by atoms with Crippen LogP contribution in [0.5, 0.6) is 0 Å². The van der Waals surface area contributed by atoms with Crippen molar-refractivity contribution in [2.24, 2.45) is 11.8 Å². The second-order valence-corrected chi connectivity index (χ2v) is 16.5. The van der Waals surface area contributed by atoms with Gasteiger partial charge in [-0.2, -0.15) is 0 Å². The van der Waals surface area contributed by atoms with Crippen molar-refractivity contribution in [3.05, 3.63) is 163 Å². The lowest BCUT2D eigenvalue weighted by atomic mass is 9.80. The Balaban J connectivity index is 1.13. The van der Waals surface area contributed by atoms with Gasteiger partial charge in [0.25, 0.3) is 0 Å². The highest BCUT2D eigenvalue weighted by Crippen LogP contribution is 2.54. The van der Waals surface area contributed by atoms with E-state index in [2.05, 4.69) is 177 Å². The van der Waals surface area contributed by atoms with Gasteiger partial charge in [0.05, 0.1) is 11.1 Å². The molecule has 53 heavy (non-hydrogen) atoms. The fourth-order valence-electron chi connectivity index (χ4n) is 9.68. The standard InChI is InChI=1S/C51H45NO/c1-51(2,3)38-23-27-40(28-24-38)52(39-25-20-35(21-26-39)42-15-8-11-34-10-4-5-12-41(34)42)47-16-9-17-49-50(47)46-32-37(22-29-48(46)53-49)43-13-6-7-14-44(43)45-31-33-18-19-36(45)30-33/h4-17,20-29,32-33,36,45H,18-19,30-31H2,1-3H3. The zero-order chi connectivity index (χ0) is 35.7. The maximum Gasteiger partial charge on any atom is 0.137 e. The van der Waals surface area contributed by atoms with Crippen LogP contribution in [-0.4, -0.2) is 0 Å². The van der Waals surface area contributed by atoms with Crippen molar-refractivity contribution < 1.29 is 4.42 Å². The summed E-state index contributed by atoms with van der Waals surface area (Å²) in [5.74, 6) is 2.41. The number of hydrogen-bond donors (Lipinski definition) is 0. The topological polar surface area (TPSA) is 16.4 Å². The minimum Gasteiger partial charge on any atom is -0.456 e. The van der Waals surface area contributed by atoms with Gasteiger partial charge in [0.15, 0.2) is 0 Å². The summed E-state index contributed by atoms with van der Waals surface area (Å²) in [4.78, 5) is 2.41. The van der Waals surface area contributed by atoms with E-state index in [4.69, 9.17) is 4.42 Å². The monoisotopic (exact) mass is 687 g/mol. The van der Waals surface area contributed by atoms with Crippen molar-refractivity contribution in [1.82, 2.24) is 0 Å². The number of hydrogen-bond acceptors (Lipinski definition) is 2. The molecule has 0 saturated heterocycles. The van der Waals surface area contributed by atoms with Crippen molar-refractivity contribution in [2.45, 2.75) is 57.8 Å². The lowest BCUT2D eigenvalue weighted by molar-refractivity contribution is 0.420. The van der Waals surface area contributed by atoms with Gasteiger partial charge in [-0.05, 0) is 135 Å². The molecule has 2 saturated carbocycles. The Kier molecular flexibility index (Phi) is 7.58. The fraction of sp³-hybridized carbons (Fsp3) is 0.216. The number of fused-ring (bicyclic) bond motifs is 6. The molecule has 3 unspecified atom stereocenters. The van der Waals surface area contributed by atoms with Gasteiger partial charge in [-0.3, -0.25) is 0 Å². The summed E-state index contributed by atoms with van der Waals surface area (Å²) in [6.45, 7) is 6.82. The molecule has 2 nitrogen and oxygen atoms in total. The first kappa shape index (κ1) is 32.1. The van der Waals surface area contributed by atoms with Crippen LogP contribution in [0.25, 0.3) is 55.0 Å². The Morgan fingerprint density at radius 1 is 0.566 bits per heavy atom. The smallest absolute Gasteiger partial charge is 0.137 e. The first-order valence-electron chi connectivity index (χ1n) is 19.4. The van der Waals surface area contributed by atoms with Gasteiger partial charge in [-0.15, -0.1) is 0 Å². The summed E-state index contributed by atoms with van der Waals surface area (Å²) in [7, 11) is 0. The molecule has 260 valence electrons. The van der Waals surface area contributed by atoms with Gasteiger partial charge in [0, 0.05) is 16.8 Å². The van der Waals surface area contributed by atoms with Crippen LogP contribution in [0.1, 0.15) is 63.5 Å². The summed E-state index contributed by atoms with van der Waals surface area (Å²) in [5.41, 5.74) is 13.2. The average molecular weight is 688 g/mol. The molecule has 10 rings (SSSR count). The van der Waals surface area contributed by atoms with Crippen LogP contribution >= 0.6 is 0 Å². The molecule has 2 aliphatic rings.